The molecule has 0 bridgehead atoms. The fourth-order valence-electron chi connectivity index (χ4n) is 0.807. The Morgan fingerprint density at radius 1 is 1.69 bits per heavy atom. The van der Waals surface area contributed by atoms with Crippen LogP contribution in [0.3, 0.4) is 0 Å². The predicted molar refractivity (Wildman–Crippen MR) is 50.3 cm³/mol. The summed E-state index contributed by atoms with van der Waals surface area (Å²) < 4.78 is 9.98. The zero-order valence-electron chi connectivity index (χ0n) is 7.73. The van der Waals surface area contributed by atoms with E-state index in [1.54, 1.807) is 13.8 Å². The van der Waals surface area contributed by atoms with Gasteiger partial charge in [0.1, 0.15) is 0 Å². The molecular weight excluding hydrogens is 169 g/mol. The first-order valence-electron chi connectivity index (χ1n) is 3.79. The average molecular weight is 181 g/mol. The van der Waals surface area contributed by atoms with E-state index in [2.05, 4.69) is 11.6 Å². The zero-order valence-corrected chi connectivity index (χ0v) is 7.73. The molecule has 0 heterocycles. The summed E-state index contributed by atoms with van der Waals surface area (Å²) in [5.74, 6) is -1.07. The monoisotopic (exact) mass is 181 g/mol. The third-order valence-corrected chi connectivity index (χ3v) is 1.76. The Bertz CT molecular complexity index is 248. The first-order chi connectivity index (χ1) is 5.95. The minimum absolute atomic E-state index is 0.453. The molecule has 0 aromatic carbocycles. The van der Waals surface area contributed by atoms with E-state index in [9.17, 15) is 9.50 Å². The third-order valence-electron chi connectivity index (χ3n) is 1.76. The van der Waals surface area contributed by atoms with E-state index >= 15 is 0 Å². The summed E-state index contributed by atoms with van der Waals surface area (Å²) in [5.41, 5.74) is -0.661. The number of carbonyl (C=O) groups is 1. The van der Waals surface area contributed by atoms with Crippen LogP contribution in [-0.2, 0) is 9.50 Å². The van der Waals surface area contributed by atoms with Crippen molar-refractivity contribution in [2.24, 2.45) is 10.4 Å². The Morgan fingerprint density at radius 3 is 2.54 bits per heavy atom. The van der Waals surface area contributed by atoms with E-state index in [4.69, 9.17) is 5.11 Å². The van der Waals surface area contributed by atoms with Crippen molar-refractivity contribution >= 4 is 19.2 Å². The topological polar surface area (TPSA) is 66.7 Å². The van der Waals surface area contributed by atoms with Crippen molar-refractivity contribution < 1.29 is 14.6 Å². The second-order valence-corrected chi connectivity index (χ2v) is 3.20. The van der Waals surface area contributed by atoms with Crippen molar-refractivity contribution in [2.75, 3.05) is 0 Å². The third kappa shape index (κ3) is 3.31. The summed E-state index contributed by atoms with van der Waals surface area (Å²) in [5, 5.41) is 8.79. The van der Waals surface area contributed by atoms with Crippen molar-refractivity contribution in [3.05, 3.63) is 12.7 Å². The van der Waals surface area contributed by atoms with E-state index in [1.165, 1.54) is 6.08 Å². The van der Waals surface area contributed by atoms with Gasteiger partial charge < -0.3 is 0 Å². The summed E-state index contributed by atoms with van der Waals surface area (Å²) in [6.45, 7) is 6.91. The van der Waals surface area contributed by atoms with Crippen molar-refractivity contribution in [2.45, 2.75) is 19.9 Å². The Hall–Kier alpha value is -1.26. The van der Waals surface area contributed by atoms with E-state index in [1.807, 2.05) is 0 Å². The fraction of sp³-hybridized carbons (Fsp3) is 0.500. The molecule has 1 unspecified atom stereocenters. The number of carboxylic acid groups (broad SMARTS) is 1. The van der Waals surface area contributed by atoms with Crippen LogP contribution in [0.25, 0.3) is 0 Å². The molecule has 0 aliphatic rings. The van der Waals surface area contributed by atoms with Gasteiger partial charge in [-0.2, -0.15) is 0 Å². The molecule has 0 aromatic rings. The number of nitrogens with zero attached hydrogens (tertiary/aromatic N) is 1. The molecule has 0 fully saturated rings. The Kier molecular flexibility index (Phi) is 4.24. The quantitative estimate of drug-likeness (QED) is 0.386. The predicted octanol–water partition coefficient (Wildman–Crippen LogP) is 0.730. The van der Waals surface area contributed by atoms with Crippen LogP contribution < -0.4 is 0 Å². The molecule has 13 heavy (non-hydrogen) atoms. The van der Waals surface area contributed by atoms with Gasteiger partial charge in [-0.15, -0.1) is 0 Å². The van der Waals surface area contributed by atoms with Crippen molar-refractivity contribution in [1.82, 2.24) is 0 Å². The summed E-state index contributed by atoms with van der Waals surface area (Å²) in [6, 6.07) is -0.963. The number of hydrogen-bond acceptors (Lipinski definition) is 3. The number of rotatable bonds is 5. The normalized spacial score (nSPS) is 13.7. The van der Waals surface area contributed by atoms with Gasteiger partial charge in [0.25, 0.3) is 0 Å². The molecule has 0 spiro atoms. The zero-order chi connectivity index (χ0) is 10.5. The number of carboxylic acids is 1. The van der Waals surface area contributed by atoms with Crippen molar-refractivity contribution in [1.29, 1.82) is 0 Å². The molecule has 5 heteroatoms. The molecule has 0 aromatic heterocycles. The molecule has 0 radical (unpaired) electrons. The van der Waals surface area contributed by atoms with E-state index < -0.39 is 17.4 Å². The first-order valence-corrected chi connectivity index (χ1v) is 3.79. The van der Waals surface area contributed by atoms with Crippen LogP contribution in [0.5, 0.6) is 0 Å². The maximum atomic E-state index is 10.7. The van der Waals surface area contributed by atoms with Crippen LogP contribution in [-0.4, -0.2) is 30.4 Å². The Morgan fingerprint density at radius 2 is 2.23 bits per heavy atom. The maximum absolute atomic E-state index is 10.7. The molecule has 4 nitrogen and oxygen atoms in total. The number of hydrogen-bond donors (Lipinski definition) is 1. The fourth-order valence-corrected chi connectivity index (χ4v) is 0.807. The van der Waals surface area contributed by atoms with Crippen LogP contribution in [0.1, 0.15) is 13.8 Å². The van der Waals surface area contributed by atoms with Crippen LogP contribution in [0.4, 0.5) is 0 Å². The second kappa shape index (κ2) is 4.69. The van der Waals surface area contributed by atoms with Gasteiger partial charge in [-0.05, 0) is 0 Å². The van der Waals surface area contributed by atoms with Crippen LogP contribution in [0.2, 0.25) is 0 Å². The average Bonchev–Trinajstić information content (AvgIpc) is 2.04. The van der Waals surface area contributed by atoms with E-state index in [0.29, 0.717) is 7.15 Å². The van der Waals surface area contributed by atoms with Gasteiger partial charge in [-0.25, -0.2) is 0 Å². The second-order valence-electron chi connectivity index (χ2n) is 3.20. The molecule has 70 valence electrons. The van der Waals surface area contributed by atoms with E-state index in [0.717, 1.165) is 6.11 Å². The molecule has 0 rings (SSSR count). The summed E-state index contributed by atoms with van der Waals surface area (Å²) in [6.07, 6.45) is 2.46. The molecular formula is C8H12BNO3. The number of aliphatic carboxylic acids is 1. The number of aliphatic imine (C=N–C) groups is 1. The minimum atomic E-state index is -1.07. The van der Waals surface area contributed by atoms with Gasteiger partial charge in [0.2, 0.25) is 0 Å². The SMILES string of the molecule is C=CC(C)(C)C(N=CB=O)C(=O)O. The van der Waals surface area contributed by atoms with Gasteiger partial charge in [0, 0.05) is 0 Å². The standard InChI is InChI=1S/C8H12BNO3/c1-4-8(2,3)6(7(11)12)10-5-9-13/h4-6H,1H2,2-3H3,(H,11,12). The Labute approximate surface area is 77.6 Å². The van der Waals surface area contributed by atoms with Crippen molar-refractivity contribution in [3.63, 3.8) is 0 Å². The summed E-state index contributed by atoms with van der Waals surface area (Å²) in [4.78, 5) is 14.4. The summed E-state index contributed by atoms with van der Waals surface area (Å²) >= 11 is 0. The van der Waals surface area contributed by atoms with Gasteiger partial charge in [0.15, 0.2) is 0 Å². The molecule has 1 atom stereocenters. The van der Waals surface area contributed by atoms with Gasteiger partial charge in [-0.3, -0.25) is 0 Å². The molecule has 0 saturated carbocycles. The Balaban J connectivity index is 4.80. The molecule has 0 aliphatic carbocycles. The molecule has 0 amide bonds. The van der Waals surface area contributed by atoms with Gasteiger partial charge in [0.05, 0.1) is 0 Å². The van der Waals surface area contributed by atoms with Crippen molar-refractivity contribution in [3.8, 4) is 0 Å². The van der Waals surface area contributed by atoms with Crippen LogP contribution in [0, 0.1) is 5.41 Å². The summed E-state index contributed by atoms with van der Waals surface area (Å²) in [7, 11) is 0.453. The van der Waals surface area contributed by atoms with E-state index in [-0.39, 0.29) is 0 Å². The van der Waals surface area contributed by atoms with Gasteiger partial charge >= 0.3 is 76.8 Å². The molecule has 0 aliphatic heterocycles. The van der Waals surface area contributed by atoms with Crippen LogP contribution in [0.15, 0.2) is 17.6 Å². The van der Waals surface area contributed by atoms with Crippen LogP contribution >= 0.6 is 0 Å². The first kappa shape index (κ1) is 11.7. The molecule has 1 N–H and O–H groups in total. The van der Waals surface area contributed by atoms with Gasteiger partial charge in [-0.1, -0.05) is 0 Å². The molecule has 0 saturated heterocycles.